The van der Waals surface area contributed by atoms with E-state index < -0.39 is 11.7 Å². The summed E-state index contributed by atoms with van der Waals surface area (Å²) in [6.45, 7) is 3.67. The molecule has 1 aromatic heterocycles. The van der Waals surface area contributed by atoms with Crippen molar-refractivity contribution in [3.05, 3.63) is 48.1 Å². The van der Waals surface area contributed by atoms with E-state index in [9.17, 15) is 13.2 Å². The monoisotopic (exact) mass is 381 g/mol. The summed E-state index contributed by atoms with van der Waals surface area (Å²) in [6.07, 6.45) is -1.99. The van der Waals surface area contributed by atoms with Gasteiger partial charge in [0, 0.05) is 17.7 Å². The van der Waals surface area contributed by atoms with Gasteiger partial charge in [-0.15, -0.1) is 0 Å². The molecular formula is C17H18F3N5O2. The second kappa shape index (κ2) is 7.29. The number of nitrogens with two attached hydrogens (primary N) is 1. The van der Waals surface area contributed by atoms with Crippen LogP contribution in [0.2, 0.25) is 0 Å². The SMILES string of the molecule is C=COCc1ccc(-c2noc([C@@H]3CCCN3C(=N)N)n2)cc1C(F)(F)F. The molecule has 2 aromatic rings. The van der Waals surface area contributed by atoms with Crippen molar-refractivity contribution in [2.75, 3.05) is 6.54 Å². The number of aromatic nitrogens is 2. The van der Waals surface area contributed by atoms with Gasteiger partial charge in [-0.2, -0.15) is 18.2 Å². The van der Waals surface area contributed by atoms with Crippen molar-refractivity contribution in [2.24, 2.45) is 5.73 Å². The molecule has 3 rings (SSSR count). The lowest BCUT2D eigenvalue weighted by molar-refractivity contribution is -0.138. The van der Waals surface area contributed by atoms with Gasteiger partial charge < -0.3 is 19.9 Å². The van der Waals surface area contributed by atoms with Crippen LogP contribution in [0.5, 0.6) is 0 Å². The van der Waals surface area contributed by atoms with Crippen LogP contribution in [0.3, 0.4) is 0 Å². The molecule has 0 radical (unpaired) electrons. The molecule has 7 nitrogen and oxygen atoms in total. The number of nitrogens with one attached hydrogen (secondary N) is 1. The minimum atomic E-state index is -4.56. The van der Waals surface area contributed by atoms with E-state index in [4.69, 9.17) is 20.4 Å². The van der Waals surface area contributed by atoms with Gasteiger partial charge in [0.2, 0.25) is 11.7 Å². The molecule has 0 unspecified atom stereocenters. The third kappa shape index (κ3) is 3.88. The lowest BCUT2D eigenvalue weighted by atomic mass is 10.0. The van der Waals surface area contributed by atoms with Crippen molar-refractivity contribution >= 4 is 5.96 Å². The fourth-order valence-corrected chi connectivity index (χ4v) is 3.05. The van der Waals surface area contributed by atoms with Gasteiger partial charge in [-0.1, -0.05) is 23.9 Å². The van der Waals surface area contributed by atoms with E-state index in [1.807, 2.05) is 0 Å². The quantitative estimate of drug-likeness (QED) is 0.467. The largest absolute Gasteiger partial charge is 0.497 e. The molecule has 2 heterocycles. The maximum atomic E-state index is 13.4. The van der Waals surface area contributed by atoms with Crippen LogP contribution < -0.4 is 5.73 Å². The zero-order valence-electron chi connectivity index (χ0n) is 14.3. The molecule has 1 atom stereocenters. The molecule has 27 heavy (non-hydrogen) atoms. The van der Waals surface area contributed by atoms with Crippen molar-refractivity contribution in [3.63, 3.8) is 0 Å². The van der Waals surface area contributed by atoms with E-state index in [0.29, 0.717) is 13.0 Å². The fourth-order valence-electron chi connectivity index (χ4n) is 3.05. The number of likely N-dealkylation sites (tertiary alicyclic amines) is 1. The first-order chi connectivity index (χ1) is 12.8. The summed E-state index contributed by atoms with van der Waals surface area (Å²) in [4.78, 5) is 5.84. The first-order valence-corrected chi connectivity index (χ1v) is 8.18. The molecule has 0 saturated carbocycles. The molecule has 0 bridgehead atoms. The number of guanidine groups is 1. The van der Waals surface area contributed by atoms with Crippen LogP contribution in [0.25, 0.3) is 11.4 Å². The highest BCUT2D eigenvalue weighted by atomic mass is 19.4. The predicted octanol–water partition coefficient (Wildman–Crippen LogP) is 3.45. The van der Waals surface area contributed by atoms with Gasteiger partial charge in [-0.25, -0.2) is 0 Å². The van der Waals surface area contributed by atoms with E-state index in [2.05, 4.69) is 16.7 Å². The van der Waals surface area contributed by atoms with Crippen LogP contribution >= 0.6 is 0 Å². The molecule has 1 fully saturated rings. The zero-order chi connectivity index (χ0) is 19.6. The summed E-state index contributed by atoms with van der Waals surface area (Å²) in [5, 5.41) is 11.4. The second-order valence-electron chi connectivity index (χ2n) is 6.04. The minimum Gasteiger partial charge on any atom is -0.497 e. The highest BCUT2D eigenvalue weighted by Crippen LogP contribution is 2.36. The smallest absolute Gasteiger partial charge is 0.416 e. The molecule has 1 aliphatic heterocycles. The first-order valence-electron chi connectivity index (χ1n) is 8.18. The van der Waals surface area contributed by atoms with E-state index in [0.717, 1.165) is 18.7 Å². The fraction of sp³-hybridized carbons (Fsp3) is 0.353. The number of hydrogen-bond donors (Lipinski definition) is 2. The summed E-state index contributed by atoms with van der Waals surface area (Å²) in [5.74, 6) is 0.163. The zero-order valence-corrected chi connectivity index (χ0v) is 14.3. The lowest BCUT2D eigenvalue weighted by Gasteiger charge is -2.21. The standard InChI is InChI=1S/C17H18F3N5O2/c1-2-26-9-11-6-5-10(8-12(11)17(18,19)20)14-23-15(27-24-14)13-4-3-7-25(13)16(21)22/h2,5-6,8,13H,1,3-4,7,9H2,(H3,21,22)/t13-/m0/s1. The summed E-state index contributed by atoms with van der Waals surface area (Å²) in [5.41, 5.74) is 4.86. The molecule has 3 N–H and O–H groups in total. The highest BCUT2D eigenvalue weighted by molar-refractivity contribution is 5.75. The van der Waals surface area contributed by atoms with Crippen LogP contribution in [0, 0.1) is 5.41 Å². The number of alkyl halides is 3. The second-order valence-corrected chi connectivity index (χ2v) is 6.04. The van der Waals surface area contributed by atoms with E-state index in [1.54, 1.807) is 4.90 Å². The van der Waals surface area contributed by atoms with Gasteiger partial charge in [0.1, 0.15) is 12.6 Å². The maximum absolute atomic E-state index is 13.4. The Morgan fingerprint density at radius 1 is 1.48 bits per heavy atom. The van der Waals surface area contributed by atoms with Crippen molar-refractivity contribution in [3.8, 4) is 11.4 Å². The van der Waals surface area contributed by atoms with Crippen molar-refractivity contribution in [1.82, 2.24) is 15.0 Å². The number of ether oxygens (including phenoxy) is 1. The summed E-state index contributed by atoms with van der Waals surface area (Å²) < 4.78 is 50.2. The molecule has 1 aliphatic rings. The molecular weight excluding hydrogens is 363 g/mol. The van der Waals surface area contributed by atoms with Gasteiger partial charge in [0.15, 0.2) is 5.96 Å². The summed E-state index contributed by atoms with van der Waals surface area (Å²) in [7, 11) is 0. The van der Waals surface area contributed by atoms with Crippen molar-refractivity contribution in [1.29, 1.82) is 5.41 Å². The average molecular weight is 381 g/mol. The third-order valence-electron chi connectivity index (χ3n) is 4.32. The molecule has 1 saturated heterocycles. The Balaban J connectivity index is 1.92. The van der Waals surface area contributed by atoms with Gasteiger partial charge in [-0.3, -0.25) is 5.41 Å². The Labute approximate surface area is 153 Å². The average Bonchev–Trinajstić information content (AvgIpc) is 3.27. The topological polar surface area (TPSA) is 101 Å². The predicted molar refractivity (Wildman–Crippen MR) is 90.3 cm³/mol. The third-order valence-corrected chi connectivity index (χ3v) is 4.32. The number of hydrogen-bond acceptors (Lipinski definition) is 5. The van der Waals surface area contributed by atoms with Gasteiger partial charge in [-0.05, 0) is 18.9 Å². The Morgan fingerprint density at radius 3 is 2.93 bits per heavy atom. The first kappa shape index (κ1) is 18.7. The Bertz CT molecular complexity index is 849. The maximum Gasteiger partial charge on any atom is 0.416 e. The Morgan fingerprint density at radius 2 is 2.26 bits per heavy atom. The Kier molecular flexibility index (Phi) is 5.06. The summed E-state index contributed by atoms with van der Waals surface area (Å²) >= 11 is 0. The molecule has 0 amide bonds. The molecule has 0 spiro atoms. The van der Waals surface area contributed by atoms with Crippen LogP contribution in [0.1, 0.15) is 35.9 Å². The molecule has 0 aliphatic carbocycles. The normalized spacial score (nSPS) is 17.1. The lowest BCUT2D eigenvalue weighted by Crippen LogP contribution is -2.35. The highest BCUT2D eigenvalue weighted by Gasteiger charge is 2.35. The van der Waals surface area contributed by atoms with Crippen molar-refractivity contribution in [2.45, 2.75) is 31.7 Å². The molecule has 144 valence electrons. The van der Waals surface area contributed by atoms with Crippen molar-refractivity contribution < 1.29 is 22.4 Å². The van der Waals surface area contributed by atoms with Gasteiger partial charge >= 0.3 is 6.18 Å². The summed E-state index contributed by atoms with van der Waals surface area (Å²) in [6, 6.07) is 3.41. The number of halogens is 3. The van der Waals surface area contributed by atoms with Gasteiger partial charge in [0.05, 0.1) is 11.8 Å². The van der Waals surface area contributed by atoms with Crippen LogP contribution in [0.15, 0.2) is 35.6 Å². The van der Waals surface area contributed by atoms with Crippen LogP contribution in [0.4, 0.5) is 13.2 Å². The van der Waals surface area contributed by atoms with Crippen LogP contribution in [-0.2, 0) is 17.5 Å². The Hall–Kier alpha value is -3.04. The van der Waals surface area contributed by atoms with Gasteiger partial charge in [0.25, 0.3) is 0 Å². The number of benzene rings is 1. The van der Waals surface area contributed by atoms with E-state index >= 15 is 0 Å². The number of rotatable bonds is 5. The van der Waals surface area contributed by atoms with Crippen LogP contribution in [-0.4, -0.2) is 27.5 Å². The van der Waals surface area contributed by atoms with E-state index in [1.165, 1.54) is 12.1 Å². The number of nitrogens with zero attached hydrogens (tertiary/aromatic N) is 3. The molecule has 10 heteroatoms. The minimum absolute atomic E-state index is 0.0200. The molecule has 1 aromatic carbocycles. The van der Waals surface area contributed by atoms with E-state index in [-0.39, 0.29) is 41.5 Å².